The third-order valence-electron chi connectivity index (χ3n) is 3.41. The molecule has 1 aliphatic carbocycles. The molecular weight excluding hydrogens is 354 g/mol. The molecule has 1 fully saturated rings. The van der Waals surface area contributed by atoms with E-state index in [1.54, 1.807) is 6.33 Å². The molecule has 1 heterocycles. The molecule has 0 spiro atoms. The van der Waals surface area contributed by atoms with E-state index in [1.165, 1.54) is 36.0 Å². The second kappa shape index (κ2) is 7.60. The summed E-state index contributed by atoms with van der Waals surface area (Å²) in [4.78, 5) is 23.9. The van der Waals surface area contributed by atoms with Crippen LogP contribution in [0.4, 0.5) is 8.78 Å². The molecular formula is C15H14F2N4O3S. The first-order chi connectivity index (χ1) is 12.0. The van der Waals surface area contributed by atoms with Crippen molar-refractivity contribution in [2.75, 3.05) is 5.75 Å². The SMILES string of the molecule is O=C(CSc1nncn1C1CC1)NC(=O)c1ccc(OC(F)F)cc1. The van der Waals surface area contributed by atoms with Gasteiger partial charge in [0.1, 0.15) is 12.1 Å². The number of nitrogens with one attached hydrogen (secondary N) is 1. The third kappa shape index (κ3) is 4.75. The van der Waals surface area contributed by atoms with Crippen molar-refractivity contribution in [3.05, 3.63) is 36.2 Å². The molecule has 132 valence electrons. The van der Waals surface area contributed by atoms with Crippen molar-refractivity contribution in [3.8, 4) is 5.75 Å². The number of ether oxygens (including phenoxy) is 1. The summed E-state index contributed by atoms with van der Waals surface area (Å²) in [5.74, 6) is -1.14. The first kappa shape index (κ1) is 17.3. The van der Waals surface area contributed by atoms with Gasteiger partial charge in [0.25, 0.3) is 5.91 Å². The van der Waals surface area contributed by atoms with Gasteiger partial charge in [-0.05, 0) is 37.1 Å². The average molecular weight is 368 g/mol. The zero-order valence-electron chi connectivity index (χ0n) is 12.9. The third-order valence-corrected chi connectivity index (χ3v) is 4.36. The fraction of sp³-hybridized carbons (Fsp3) is 0.333. The zero-order chi connectivity index (χ0) is 17.8. The fourth-order valence-electron chi connectivity index (χ4n) is 2.09. The monoisotopic (exact) mass is 368 g/mol. The van der Waals surface area contributed by atoms with E-state index in [-0.39, 0.29) is 17.1 Å². The minimum atomic E-state index is -2.93. The maximum absolute atomic E-state index is 12.1. The second-order valence-electron chi connectivity index (χ2n) is 5.32. The predicted molar refractivity (Wildman–Crippen MR) is 84.6 cm³/mol. The number of nitrogens with zero attached hydrogens (tertiary/aromatic N) is 3. The molecule has 0 atom stereocenters. The van der Waals surface area contributed by atoms with Crippen LogP contribution in [0.2, 0.25) is 0 Å². The van der Waals surface area contributed by atoms with Gasteiger partial charge in [-0.2, -0.15) is 8.78 Å². The van der Waals surface area contributed by atoms with Crippen molar-refractivity contribution in [1.29, 1.82) is 0 Å². The highest BCUT2D eigenvalue weighted by Gasteiger charge is 2.26. The number of hydrogen-bond acceptors (Lipinski definition) is 6. The Morgan fingerprint density at radius 2 is 2.04 bits per heavy atom. The molecule has 10 heteroatoms. The van der Waals surface area contributed by atoms with Gasteiger partial charge in [-0.25, -0.2) is 0 Å². The van der Waals surface area contributed by atoms with E-state index in [0.29, 0.717) is 11.2 Å². The van der Waals surface area contributed by atoms with Gasteiger partial charge in [-0.15, -0.1) is 10.2 Å². The molecule has 1 aromatic carbocycles. The smallest absolute Gasteiger partial charge is 0.387 e. The zero-order valence-corrected chi connectivity index (χ0v) is 13.7. The highest BCUT2D eigenvalue weighted by atomic mass is 32.2. The molecule has 1 saturated carbocycles. The second-order valence-corrected chi connectivity index (χ2v) is 6.26. The van der Waals surface area contributed by atoms with E-state index < -0.39 is 18.4 Å². The molecule has 7 nitrogen and oxygen atoms in total. The first-order valence-corrected chi connectivity index (χ1v) is 8.43. The molecule has 1 aliphatic rings. The molecule has 25 heavy (non-hydrogen) atoms. The van der Waals surface area contributed by atoms with Gasteiger partial charge in [0, 0.05) is 11.6 Å². The van der Waals surface area contributed by atoms with E-state index in [2.05, 4.69) is 20.3 Å². The van der Waals surface area contributed by atoms with E-state index in [4.69, 9.17) is 0 Å². The molecule has 0 unspecified atom stereocenters. The van der Waals surface area contributed by atoms with Crippen LogP contribution < -0.4 is 10.1 Å². The average Bonchev–Trinajstić information content (AvgIpc) is 3.31. The minimum Gasteiger partial charge on any atom is -0.435 e. The summed E-state index contributed by atoms with van der Waals surface area (Å²) in [7, 11) is 0. The van der Waals surface area contributed by atoms with Crippen molar-refractivity contribution in [2.24, 2.45) is 0 Å². The van der Waals surface area contributed by atoms with Crippen LogP contribution in [0.25, 0.3) is 0 Å². The summed E-state index contributed by atoms with van der Waals surface area (Å²) in [5, 5.41) is 10.7. The molecule has 0 bridgehead atoms. The van der Waals surface area contributed by atoms with Gasteiger partial charge < -0.3 is 9.30 Å². The normalized spacial score (nSPS) is 13.7. The van der Waals surface area contributed by atoms with Gasteiger partial charge in [-0.1, -0.05) is 11.8 Å². The Morgan fingerprint density at radius 1 is 1.32 bits per heavy atom. The Hall–Kier alpha value is -2.49. The number of carbonyl (C=O) groups is 2. The lowest BCUT2D eigenvalue weighted by atomic mass is 10.2. The Kier molecular flexibility index (Phi) is 5.27. The Morgan fingerprint density at radius 3 is 2.68 bits per heavy atom. The number of rotatable bonds is 7. The summed E-state index contributed by atoms with van der Waals surface area (Å²) in [5.41, 5.74) is 0.168. The van der Waals surface area contributed by atoms with Crippen molar-refractivity contribution >= 4 is 23.6 Å². The van der Waals surface area contributed by atoms with Crippen LogP contribution in [0.3, 0.4) is 0 Å². The molecule has 3 rings (SSSR count). The molecule has 1 aromatic heterocycles. The van der Waals surface area contributed by atoms with Crippen molar-refractivity contribution in [3.63, 3.8) is 0 Å². The summed E-state index contributed by atoms with van der Waals surface area (Å²) in [6.45, 7) is -2.93. The van der Waals surface area contributed by atoms with Crippen LogP contribution in [-0.2, 0) is 4.79 Å². The van der Waals surface area contributed by atoms with Crippen molar-refractivity contribution in [2.45, 2.75) is 30.7 Å². The number of amides is 2. The lowest BCUT2D eigenvalue weighted by Gasteiger charge is -2.07. The summed E-state index contributed by atoms with van der Waals surface area (Å²) >= 11 is 1.20. The van der Waals surface area contributed by atoms with Gasteiger partial charge in [-0.3, -0.25) is 14.9 Å². The number of aromatic nitrogens is 3. The highest BCUT2D eigenvalue weighted by Crippen LogP contribution is 2.37. The maximum atomic E-state index is 12.1. The number of benzene rings is 1. The summed E-state index contributed by atoms with van der Waals surface area (Å²) in [6, 6.07) is 5.47. The van der Waals surface area contributed by atoms with Crippen LogP contribution in [0, 0.1) is 0 Å². The lowest BCUT2D eigenvalue weighted by molar-refractivity contribution is -0.117. The van der Waals surface area contributed by atoms with Crippen molar-refractivity contribution < 1.29 is 23.1 Å². The summed E-state index contributed by atoms with van der Waals surface area (Å²) < 4.78 is 30.3. The van der Waals surface area contributed by atoms with Gasteiger partial charge in [0.15, 0.2) is 5.16 Å². The van der Waals surface area contributed by atoms with E-state index in [1.807, 2.05) is 4.57 Å². The van der Waals surface area contributed by atoms with Gasteiger partial charge in [0.05, 0.1) is 5.75 Å². The Balaban J connectivity index is 1.50. The number of alkyl halides is 2. The van der Waals surface area contributed by atoms with Gasteiger partial charge in [0.2, 0.25) is 5.91 Å². The Bertz CT molecular complexity index is 762. The van der Waals surface area contributed by atoms with E-state index in [9.17, 15) is 18.4 Å². The van der Waals surface area contributed by atoms with Crippen LogP contribution in [0.5, 0.6) is 5.75 Å². The number of hydrogen-bond donors (Lipinski definition) is 1. The standard InChI is InChI=1S/C15H14F2N4O3S/c16-14(17)24-11-5-1-9(2-6-11)13(23)19-12(22)7-25-15-20-18-8-21(15)10-3-4-10/h1-2,5-6,8,10,14H,3-4,7H2,(H,19,22,23). The van der Waals surface area contributed by atoms with E-state index in [0.717, 1.165) is 12.8 Å². The number of imide groups is 1. The Labute approximate surface area is 145 Å². The van der Waals surface area contributed by atoms with Crippen LogP contribution in [0.1, 0.15) is 29.2 Å². The molecule has 2 amide bonds. The van der Waals surface area contributed by atoms with Crippen LogP contribution in [0.15, 0.2) is 35.7 Å². The summed E-state index contributed by atoms with van der Waals surface area (Å²) in [6.07, 6.45) is 3.77. The van der Waals surface area contributed by atoms with E-state index >= 15 is 0 Å². The molecule has 0 aliphatic heterocycles. The van der Waals surface area contributed by atoms with Crippen LogP contribution >= 0.6 is 11.8 Å². The molecule has 1 N–H and O–H groups in total. The van der Waals surface area contributed by atoms with Crippen molar-refractivity contribution in [1.82, 2.24) is 20.1 Å². The molecule has 0 radical (unpaired) electrons. The maximum Gasteiger partial charge on any atom is 0.387 e. The quantitative estimate of drug-likeness (QED) is 0.755. The largest absolute Gasteiger partial charge is 0.435 e. The van der Waals surface area contributed by atoms with Crippen LogP contribution in [-0.4, -0.2) is 38.9 Å². The van der Waals surface area contributed by atoms with Gasteiger partial charge >= 0.3 is 6.61 Å². The number of halogens is 2. The molecule has 0 saturated heterocycles. The topological polar surface area (TPSA) is 86.1 Å². The minimum absolute atomic E-state index is 0.0176. The predicted octanol–water partition coefficient (Wildman–Crippen LogP) is 2.26. The number of thioether (sulfide) groups is 1. The highest BCUT2D eigenvalue weighted by molar-refractivity contribution is 7.99. The first-order valence-electron chi connectivity index (χ1n) is 7.44. The number of carbonyl (C=O) groups excluding carboxylic acids is 2. The molecule has 2 aromatic rings. The lowest BCUT2D eigenvalue weighted by Crippen LogP contribution is -2.31. The fourth-order valence-corrected chi connectivity index (χ4v) is 2.87.